The Morgan fingerprint density at radius 2 is 0.800 bits per heavy atom. The molecule has 8 rings (SSSR count). The fraction of sp³-hybridized carbons (Fsp3) is 0.0222. The summed E-state index contributed by atoms with van der Waals surface area (Å²) in [6.45, 7) is 10.8. The molecule has 0 N–H and O–H groups in total. The first kappa shape index (κ1) is 26.9. The predicted molar refractivity (Wildman–Crippen MR) is 198 cm³/mol. The second-order valence-corrected chi connectivity index (χ2v) is 11.9. The van der Waals surface area contributed by atoms with Crippen LogP contribution in [0, 0.1) is 6.92 Å². The number of rotatable bonds is 5. The van der Waals surface area contributed by atoms with Crippen molar-refractivity contribution in [1.29, 1.82) is 0 Å². The van der Waals surface area contributed by atoms with Crippen LogP contribution in [0.4, 0.5) is 0 Å². The van der Waals surface area contributed by atoms with Gasteiger partial charge < -0.3 is 0 Å². The Morgan fingerprint density at radius 1 is 0.378 bits per heavy atom. The summed E-state index contributed by atoms with van der Waals surface area (Å²) in [5.74, 6) is 0. The summed E-state index contributed by atoms with van der Waals surface area (Å²) in [7, 11) is 0. The van der Waals surface area contributed by atoms with E-state index in [0.717, 1.165) is 11.1 Å². The fourth-order valence-electron chi connectivity index (χ4n) is 6.99. The van der Waals surface area contributed by atoms with Gasteiger partial charge in [-0.1, -0.05) is 146 Å². The number of aryl methyl sites for hydroxylation is 1. The third-order valence-corrected chi connectivity index (χ3v) is 9.20. The van der Waals surface area contributed by atoms with Crippen molar-refractivity contribution in [2.45, 2.75) is 6.92 Å². The minimum absolute atomic E-state index is 1.10. The lowest BCUT2D eigenvalue weighted by Crippen LogP contribution is -1.97. The van der Waals surface area contributed by atoms with Gasteiger partial charge in [0.15, 0.2) is 0 Å². The van der Waals surface area contributed by atoms with Crippen molar-refractivity contribution in [3.05, 3.63) is 169 Å². The standard InChI is InChI=1S/C45H32/c1-4-40-41(5-2)45(39-21-17-31-11-7-9-13-33(31)27-39)43-28-37(36-19-18-34-24-29(3)14-15-35(34)25-36)22-23-42(43)44(40)38-20-16-30-10-6-8-12-32(30)26-38/h4-28H,1-2H2,3H3. The van der Waals surface area contributed by atoms with E-state index in [1.54, 1.807) is 0 Å². The average molecular weight is 573 g/mol. The third kappa shape index (κ3) is 4.55. The Balaban J connectivity index is 1.46. The molecular weight excluding hydrogens is 540 g/mol. The Labute approximate surface area is 264 Å². The van der Waals surface area contributed by atoms with Crippen molar-refractivity contribution in [2.24, 2.45) is 0 Å². The van der Waals surface area contributed by atoms with E-state index in [4.69, 9.17) is 0 Å². The molecule has 0 radical (unpaired) electrons. The van der Waals surface area contributed by atoms with Crippen LogP contribution in [0.1, 0.15) is 16.7 Å². The number of hydrogen-bond acceptors (Lipinski definition) is 0. The average Bonchev–Trinajstić information content (AvgIpc) is 3.09. The molecule has 0 bridgehead atoms. The monoisotopic (exact) mass is 572 g/mol. The van der Waals surface area contributed by atoms with Crippen molar-refractivity contribution in [1.82, 2.24) is 0 Å². The van der Waals surface area contributed by atoms with Gasteiger partial charge in [-0.2, -0.15) is 0 Å². The van der Waals surface area contributed by atoms with Gasteiger partial charge in [0.05, 0.1) is 0 Å². The molecule has 0 unspecified atom stereocenters. The van der Waals surface area contributed by atoms with Crippen LogP contribution in [0.2, 0.25) is 0 Å². The van der Waals surface area contributed by atoms with Gasteiger partial charge in [0.2, 0.25) is 0 Å². The molecule has 0 aliphatic rings. The van der Waals surface area contributed by atoms with Crippen LogP contribution >= 0.6 is 0 Å². The van der Waals surface area contributed by atoms with Gasteiger partial charge in [0, 0.05) is 0 Å². The number of benzene rings is 8. The minimum atomic E-state index is 1.10. The topological polar surface area (TPSA) is 0 Å². The van der Waals surface area contributed by atoms with Crippen molar-refractivity contribution in [3.63, 3.8) is 0 Å². The Kier molecular flexibility index (Phi) is 6.43. The van der Waals surface area contributed by atoms with Crippen molar-refractivity contribution in [2.75, 3.05) is 0 Å². The molecule has 0 saturated heterocycles. The zero-order valence-corrected chi connectivity index (χ0v) is 25.3. The van der Waals surface area contributed by atoms with E-state index < -0.39 is 0 Å². The minimum Gasteiger partial charge on any atom is -0.0984 e. The van der Waals surface area contributed by atoms with E-state index in [0.29, 0.717) is 0 Å². The summed E-state index contributed by atoms with van der Waals surface area (Å²) in [6.07, 6.45) is 4.02. The molecule has 0 atom stereocenters. The first-order chi connectivity index (χ1) is 22.1. The molecule has 0 aromatic heterocycles. The van der Waals surface area contributed by atoms with Crippen LogP contribution in [0.5, 0.6) is 0 Å². The smallest absolute Gasteiger partial charge is 0.00261 e. The van der Waals surface area contributed by atoms with Crippen molar-refractivity contribution in [3.8, 4) is 33.4 Å². The highest BCUT2D eigenvalue weighted by molar-refractivity contribution is 6.14. The summed E-state index contributed by atoms with van der Waals surface area (Å²) in [6, 6.07) is 51.1. The Morgan fingerprint density at radius 3 is 1.42 bits per heavy atom. The van der Waals surface area contributed by atoms with Crippen molar-refractivity contribution >= 4 is 55.2 Å². The lowest BCUT2D eigenvalue weighted by Gasteiger charge is -2.21. The molecule has 0 saturated carbocycles. The molecule has 0 nitrogen and oxygen atoms in total. The molecule has 45 heavy (non-hydrogen) atoms. The van der Waals surface area contributed by atoms with E-state index in [9.17, 15) is 0 Å². The van der Waals surface area contributed by atoms with E-state index in [1.807, 2.05) is 12.2 Å². The Bertz CT molecular complexity index is 2470. The summed E-state index contributed by atoms with van der Waals surface area (Å²) in [5, 5.41) is 9.83. The summed E-state index contributed by atoms with van der Waals surface area (Å²) in [5.41, 5.74) is 10.6. The van der Waals surface area contributed by atoms with E-state index in [-0.39, 0.29) is 0 Å². The third-order valence-electron chi connectivity index (χ3n) is 9.20. The van der Waals surface area contributed by atoms with Gasteiger partial charge >= 0.3 is 0 Å². The van der Waals surface area contributed by atoms with Gasteiger partial charge in [0.1, 0.15) is 0 Å². The maximum Gasteiger partial charge on any atom is -0.00261 e. The molecular formula is C45H32. The van der Waals surface area contributed by atoms with E-state index in [2.05, 4.69) is 160 Å². The maximum absolute atomic E-state index is 4.35. The zero-order chi connectivity index (χ0) is 30.5. The summed E-state index contributed by atoms with van der Waals surface area (Å²) >= 11 is 0. The normalized spacial score (nSPS) is 11.4. The first-order valence-corrected chi connectivity index (χ1v) is 15.5. The molecule has 8 aromatic carbocycles. The van der Waals surface area contributed by atoms with Crippen LogP contribution in [0.3, 0.4) is 0 Å². The van der Waals surface area contributed by atoms with Crippen molar-refractivity contribution < 1.29 is 0 Å². The lowest BCUT2D eigenvalue weighted by molar-refractivity contribution is 1.50. The first-order valence-electron chi connectivity index (χ1n) is 15.5. The molecule has 0 aliphatic heterocycles. The quantitative estimate of drug-likeness (QED) is 0.192. The highest BCUT2D eigenvalue weighted by atomic mass is 14.2. The maximum atomic E-state index is 4.35. The molecule has 0 aliphatic carbocycles. The van der Waals surface area contributed by atoms with Gasteiger partial charge in [0.25, 0.3) is 0 Å². The molecule has 8 aromatic rings. The van der Waals surface area contributed by atoms with Gasteiger partial charge in [-0.25, -0.2) is 0 Å². The largest absolute Gasteiger partial charge is 0.0984 e. The lowest BCUT2D eigenvalue weighted by atomic mass is 9.82. The number of fused-ring (bicyclic) bond motifs is 4. The van der Waals surface area contributed by atoms with E-state index >= 15 is 0 Å². The highest BCUT2D eigenvalue weighted by Gasteiger charge is 2.20. The van der Waals surface area contributed by atoms with Crippen LogP contribution < -0.4 is 0 Å². The van der Waals surface area contributed by atoms with Crippen LogP contribution in [0.15, 0.2) is 153 Å². The number of hydrogen-bond donors (Lipinski definition) is 0. The predicted octanol–water partition coefficient (Wildman–Crippen LogP) is 12.9. The molecule has 212 valence electrons. The van der Waals surface area contributed by atoms with Gasteiger partial charge in [-0.3, -0.25) is 0 Å². The molecule has 0 amide bonds. The van der Waals surface area contributed by atoms with Gasteiger partial charge in [-0.05, 0) is 119 Å². The molecule has 0 spiro atoms. The molecule has 0 fully saturated rings. The highest BCUT2D eigenvalue weighted by Crippen LogP contribution is 2.45. The van der Waals surface area contributed by atoms with Gasteiger partial charge in [-0.15, -0.1) is 0 Å². The second-order valence-electron chi connectivity index (χ2n) is 11.9. The van der Waals surface area contributed by atoms with Crippen LogP contribution in [-0.4, -0.2) is 0 Å². The zero-order valence-electron chi connectivity index (χ0n) is 25.3. The fourth-order valence-corrected chi connectivity index (χ4v) is 6.99. The summed E-state index contributed by atoms with van der Waals surface area (Å²) in [4.78, 5) is 0. The van der Waals surface area contributed by atoms with Crippen LogP contribution in [-0.2, 0) is 0 Å². The van der Waals surface area contributed by atoms with E-state index in [1.165, 1.54) is 82.0 Å². The molecule has 0 heterocycles. The molecule has 0 heteroatoms. The second kappa shape index (κ2) is 10.8. The summed E-state index contributed by atoms with van der Waals surface area (Å²) < 4.78 is 0. The SMILES string of the molecule is C=Cc1c(C=C)c(-c2ccc3ccccc3c2)c2cc(-c3ccc4cc(C)ccc4c3)ccc2c1-c1ccc2ccccc2c1. The Hall–Kier alpha value is -5.72. The van der Waals surface area contributed by atoms with Crippen LogP contribution in [0.25, 0.3) is 88.6 Å².